The zero-order valence-corrected chi connectivity index (χ0v) is 10.2. The molecular formula is C10H8BrN5O. The number of nitrogens with one attached hydrogen (secondary N) is 1. The number of amides is 1. The Labute approximate surface area is 105 Å². The summed E-state index contributed by atoms with van der Waals surface area (Å²) in [6.07, 6.45) is 2.87. The van der Waals surface area contributed by atoms with E-state index < -0.39 is 0 Å². The Kier molecular flexibility index (Phi) is 3.29. The molecule has 3 N–H and O–H groups in total. The van der Waals surface area contributed by atoms with Gasteiger partial charge in [0.2, 0.25) is 5.95 Å². The molecule has 0 bridgehead atoms. The highest BCUT2D eigenvalue weighted by molar-refractivity contribution is 9.10. The molecule has 0 saturated heterocycles. The number of rotatable bonds is 2. The molecule has 7 heteroatoms. The van der Waals surface area contributed by atoms with Gasteiger partial charge in [-0.05, 0) is 34.1 Å². The van der Waals surface area contributed by atoms with Crippen molar-refractivity contribution in [2.24, 2.45) is 0 Å². The third-order valence-electron chi connectivity index (χ3n) is 1.97. The highest BCUT2D eigenvalue weighted by atomic mass is 79.9. The predicted octanol–water partition coefficient (Wildman–Crippen LogP) is 1.47. The molecule has 1 aromatic heterocycles. The summed E-state index contributed by atoms with van der Waals surface area (Å²) in [5, 5.41) is 9.78. The van der Waals surface area contributed by atoms with Crippen LogP contribution in [0.25, 0.3) is 0 Å². The first kappa shape index (κ1) is 11.5. The fourth-order valence-electron chi connectivity index (χ4n) is 1.15. The summed E-state index contributed by atoms with van der Waals surface area (Å²) >= 11 is 3.25. The second-order valence-corrected chi connectivity index (χ2v) is 4.01. The normalized spacial score (nSPS) is 9.94. The molecule has 0 atom stereocenters. The quantitative estimate of drug-likeness (QED) is 0.818. The van der Waals surface area contributed by atoms with E-state index in [0.29, 0.717) is 15.7 Å². The zero-order valence-electron chi connectivity index (χ0n) is 8.59. The number of hydrogen-bond donors (Lipinski definition) is 2. The van der Waals surface area contributed by atoms with Gasteiger partial charge in [0.15, 0.2) is 0 Å². The van der Waals surface area contributed by atoms with Crippen LogP contribution in [0.2, 0.25) is 0 Å². The summed E-state index contributed by atoms with van der Waals surface area (Å²) in [7, 11) is 0. The summed E-state index contributed by atoms with van der Waals surface area (Å²) in [6.45, 7) is 0. The topological polar surface area (TPSA) is 93.8 Å². The molecule has 17 heavy (non-hydrogen) atoms. The van der Waals surface area contributed by atoms with E-state index in [2.05, 4.69) is 36.4 Å². The lowest BCUT2D eigenvalue weighted by Crippen LogP contribution is -2.14. The molecule has 1 heterocycles. The highest BCUT2D eigenvalue weighted by Crippen LogP contribution is 2.20. The molecule has 2 aromatic rings. The summed E-state index contributed by atoms with van der Waals surface area (Å²) in [6, 6.07) is 4.88. The van der Waals surface area contributed by atoms with Crippen molar-refractivity contribution in [3.63, 3.8) is 0 Å². The first-order valence-corrected chi connectivity index (χ1v) is 5.46. The average molecular weight is 294 g/mol. The van der Waals surface area contributed by atoms with Gasteiger partial charge in [-0.25, -0.2) is 4.98 Å². The third kappa shape index (κ3) is 2.76. The van der Waals surface area contributed by atoms with Gasteiger partial charge in [0, 0.05) is 15.7 Å². The van der Waals surface area contributed by atoms with Gasteiger partial charge < -0.3 is 5.73 Å². The average Bonchev–Trinajstić information content (AvgIpc) is 2.34. The van der Waals surface area contributed by atoms with Crippen molar-refractivity contribution >= 4 is 33.5 Å². The molecule has 86 valence electrons. The maximum atomic E-state index is 11.8. The van der Waals surface area contributed by atoms with Gasteiger partial charge >= 0.3 is 0 Å². The maximum absolute atomic E-state index is 11.8. The third-order valence-corrected chi connectivity index (χ3v) is 2.66. The number of nitrogen functional groups attached to an aromatic ring is 1. The number of carbonyl (C=O) groups is 1. The largest absolute Gasteiger partial charge is 0.398 e. The van der Waals surface area contributed by atoms with Crippen LogP contribution in [0.15, 0.2) is 35.1 Å². The van der Waals surface area contributed by atoms with Gasteiger partial charge in [-0.2, -0.15) is 5.10 Å². The molecule has 0 saturated carbocycles. The fourth-order valence-corrected chi connectivity index (χ4v) is 1.53. The molecule has 0 radical (unpaired) electrons. The number of hydrogen-bond acceptors (Lipinski definition) is 5. The second-order valence-electron chi connectivity index (χ2n) is 3.16. The molecule has 0 unspecified atom stereocenters. The Morgan fingerprint density at radius 3 is 2.82 bits per heavy atom. The van der Waals surface area contributed by atoms with Gasteiger partial charge in [0.1, 0.15) is 0 Å². The van der Waals surface area contributed by atoms with E-state index in [1.807, 2.05) is 0 Å². The van der Waals surface area contributed by atoms with Crippen LogP contribution in [0.4, 0.5) is 11.6 Å². The van der Waals surface area contributed by atoms with Crippen LogP contribution in [0.3, 0.4) is 0 Å². The Morgan fingerprint density at radius 1 is 1.35 bits per heavy atom. The van der Waals surface area contributed by atoms with E-state index in [0.717, 1.165) is 0 Å². The Balaban J connectivity index is 2.18. The minimum atomic E-state index is -0.321. The van der Waals surface area contributed by atoms with E-state index in [-0.39, 0.29) is 11.9 Å². The molecular weight excluding hydrogens is 286 g/mol. The van der Waals surface area contributed by atoms with E-state index in [4.69, 9.17) is 5.73 Å². The van der Waals surface area contributed by atoms with Crippen LogP contribution in [-0.4, -0.2) is 21.1 Å². The van der Waals surface area contributed by atoms with Gasteiger partial charge in [-0.15, -0.1) is 5.10 Å². The van der Waals surface area contributed by atoms with E-state index in [1.165, 1.54) is 12.4 Å². The molecule has 2 rings (SSSR count). The Bertz CT molecular complexity index is 546. The van der Waals surface area contributed by atoms with Gasteiger partial charge in [0.05, 0.1) is 12.4 Å². The molecule has 0 aliphatic heterocycles. The first-order chi connectivity index (χ1) is 8.16. The SMILES string of the molecule is Nc1ccc(C(=O)Nc2nccnn2)cc1Br. The van der Waals surface area contributed by atoms with Crippen molar-refractivity contribution in [1.29, 1.82) is 0 Å². The second kappa shape index (κ2) is 4.88. The molecule has 1 aromatic carbocycles. The Hall–Kier alpha value is -2.02. The summed E-state index contributed by atoms with van der Waals surface area (Å²) in [4.78, 5) is 15.6. The molecule has 1 amide bonds. The molecule has 0 fully saturated rings. The number of halogens is 1. The number of nitrogens with zero attached hydrogens (tertiary/aromatic N) is 3. The maximum Gasteiger partial charge on any atom is 0.258 e. The van der Waals surface area contributed by atoms with Crippen LogP contribution in [0.1, 0.15) is 10.4 Å². The van der Waals surface area contributed by atoms with Gasteiger partial charge in [-0.3, -0.25) is 10.1 Å². The van der Waals surface area contributed by atoms with Crippen molar-refractivity contribution in [3.05, 3.63) is 40.6 Å². The van der Waals surface area contributed by atoms with Gasteiger partial charge in [-0.1, -0.05) is 0 Å². The lowest BCUT2D eigenvalue weighted by molar-refractivity contribution is 0.102. The standard InChI is InChI=1S/C10H8BrN5O/c11-7-5-6(1-2-8(7)12)9(17)15-10-13-3-4-14-16-10/h1-5H,12H2,(H,13,15,16,17). The number of carbonyl (C=O) groups excluding carboxylic acids is 1. The van der Waals surface area contributed by atoms with Crippen molar-refractivity contribution in [1.82, 2.24) is 15.2 Å². The number of anilines is 2. The van der Waals surface area contributed by atoms with Crippen LogP contribution in [0, 0.1) is 0 Å². The number of benzene rings is 1. The lowest BCUT2D eigenvalue weighted by atomic mass is 10.2. The monoisotopic (exact) mass is 293 g/mol. The molecule has 0 aliphatic rings. The summed E-state index contributed by atoms with van der Waals surface area (Å²) in [5.41, 5.74) is 6.65. The molecule has 6 nitrogen and oxygen atoms in total. The van der Waals surface area contributed by atoms with Crippen molar-refractivity contribution in [3.8, 4) is 0 Å². The van der Waals surface area contributed by atoms with Crippen LogP contribution in [-0.2, 0) is 0 Å². The molecule has 0 aliphatic carbocycles. The highest BCUT2D eigenvalue weighted by Gasteiger charge is 2.09. The number of aromatic nitrogens is 3. The Morgan fingerprint density at radius 2 is 2.18 bits per heavy atom. The minimum Gasteiger partial charge on any atom is -0.398 e. The van der Waals surface area contributed by atoms with Crippen molar-refractivity contribution in [2.75, 3.05) is 11.1 Å². The van der Waals surface area contributed by atoms with E-state index in [1.54, 1.807) is 18.2 Å². The predicted molar refractivity (Wildman–Crippen MR) is 66.3 cm³/mol. The summed E-state index contributed by atoms with van der Waals surface area (Å²) in [5.74, 6) is -0.163. The van der Waals surface area contributed by atoms with Crippen LogP contribution < -0.4 is 11.1 Å². The summed E-state index contributed by atoms with van der Waals surface area (Å²) < 4.78 is 0.664. The fraction of sp³-hybridized carbons (Fsp3) is 0. The zero-order chi connectivity index (χ0) is 12.3. The van der Waals surface area contributed by atoms with Crippen LogP contribution >= 0.6 is 15.9 Å². The van der Waals surface area contributed by atoms with Crippen molar-refractivity contribution < 1.29 is 4.79 Å². The lowest BCUT2D eigenvalue weighted by Gasteiger charge is -2.04. The smallest absolute Gasteiger partial charge is 0.258 e. The molecule has 0 spiro atoms. The first-order valence-electron chi connectivity index (χ1n) is 4.67. The van der Waals surface area contributed by atoms with Gasteiger partial charge in [0.25, 0.3) is 5.91 Å². The minimum absolute atomic E-state index is 0.158. The number of nitrogens with two attached hydrogens (primary N) is 1. The van der Waals surface area contributed by atoms with Crippen LogP contribution in [0.5, 0.6) is 0 Å². The van der Waals surface area contributed by atoms with Crippen molar-refractivity contribution in [2.45, 2.75) is 0 Å². The van der Waals surface area contributed by atoms with E-state index >= 15 is 0 Å². The van der Waals surface area contributed by atoms with E-state index in [9.17, 15) is 4.79 Å².